The number of carbonyl (C=O) groups excluding carboxylic acids is 2. The van der Waals surface area contributed by atoms with Crippen LogP contribution in [-0.2, 0) is 30.3 Å². The van der Waals surface area contributed by atoms with Crippen LogP contribution in [0.1, 0.15) is 24.5 Å². The summed E-state index contributed by atoms with van der Waals surface area (Å²) in [5.41, 5.74) is -0.444. The summed E-state index contributed by atoms with van der Waals surface area (Å²) >= 11 is 0. The Labute approximate surface area is 160 Å². The third-order valence-corrected chi connectivity index (χ3v) is 6.14. The molecule has 6 nitrogen and oxygen atoms in total. The number of carbonyl (C=O) groups is 2. The molecule has 1 amide bonds. The van der Waals surface area contributed by atoms with E-state index in [4.69, 9.17) is 4.74 Å². The fourth-order valence-electron chi connectivity index (χ4n) is 2.76. The zero-order valence-corrected chi connectivity index (χ0v) is 16.1. The zero-order valence-electron chi connectivity index (χ0n) is 15.3. The largest absolute Gasteiger partial charge is 0.449 e. The molecule has 0 radical (unpaired) electrons. The van der Waals surface area contributed by atoms with E-state index in [1.165, 1.54) is 37.1 Å². The van der Waals surface area contributed by atoms with Crippen LogP contribution >= 0.6 is 0 Å². The smallest absolute Gasteiger partial charge is 0.416 e. The van der Waals surface area contributed by atoms with Gasteiger partial charge in [0.25, 0.3) is 5.91 Å². The lowest BCUT2D eigenvalue weighted by molar-refractivity contribution is -0.155. The quantitative estimate of drug-likeness (QED) is 0.541. The van der Waals surface area contributed by atoms with Crippen LogP contribution < -0.4 is 0 Å². The Bertz CT molecular complexity index is 862. The molecule has 1 fully saturated rings. The van der Waals surface area contributed by atoms with Gasteiger partial charge in [-0.15, -0.1) is 0 Å². The van der Waals surface area contributed by atoms with Gasteiger partial charge in [0.05, 0.1) is 17.1 Å². The average Bonchev–Trinajstić information content (AvgIpc) is 2.98. The van der Waals surface area contributed by atoms with Crippen molar-refractivity contribution in [1.29, 1.82) is 0 Å². The number of halogens is 3. The molecule has 1 aliphatic rings. The van der Waals surface area contributed by atoms with E-state index in [0.717, 1.165) is 18.2 Å². The van der Waals surface area contributed by atoms with E-state index in [1.807, 2.05) is 0 Å². The van der Waals surface area contributed by atoms with Gasteiger partial charge in [-0.3, -0.25) is 4.79 Å². The van der Waals surface area contributed by atoms with Crippen LogP contribution in [0.25, 0.3) is 6.08 Å². The molecule has 2 rings (SSSR count). The molecule has 1 heterocycles. The van der Waals surface area contributed by atoms with E-state index in [9.17, 15) is 31.2 Å². The summed E-state index contributed by atoms with van der Waals surface area (Å²) in [6.07, 6.45) is -2.96. The van der Waals surface area contributed by atoms with Gasteiger partial charge in [0.15, 0.2) is 15.9 Å². The van der Waals surface area contributed by atoms with Gasteiger partial charge in [-0.05, 0) is 37.1 Å². The Morgan fingerprint density at radius 3 is 2.36 bits per heavy atom. The van der Waals surface area contributed by atoms with Crippen molar-refractivity contribution in [3.05, 3.63) is 41.5 Å². The predicted molar refractivity (Wildman–Crippen MR) is 95.9 cm³/mol. The highest BCUT2D eigenvalue weighted by molar-refractivity contribution is 7.91. The van der Waals surface area contributed by atoms with Crippen molar-refractivity contribution >= 4 is 27.8 Å². The van der Waals surface area contributed by atoms with Crippen molar-refractivity contribution in [3.63, 3.8) is 0 Å². The standard InChI is InChI=1S/C18H20F3NO5S/c1-12(17(24)22(2)15-9-10-28(25,26)11-15)27-16(23)8-5-13-3-6-14(7-4-13)18(19,20)21/h3-8,12,15H,9-11H2,1-2H3/b8-5+/t12-,15-/m0/s1. The molecule has 10 heteroatoms. The number of hydrogen-bond donors (Lipinski definition) is 0. The molecule has 0 aromatic heterocycles. The van der Waals surface area contributed by atoms with E-state index < -0.39 is 45.6 Å². The van der Waals surface area contributed by atoms with E-state index in [1.54, 1.807) is 0 Å². The lowest BCUT2D eigenvalue weighted by Gasteiger charge is -2.26. The first-order valence-electron chi connectivity index (χ1n) is 8.42. The molecule has 0 unspecified atom stereocenters. The number of rotatable bonds is 5. The molecule has 2 atom stereocenters. The van der Waals surface area contributed by atoms with Gasteiger partial charge in [-0.25, -0.2) is 13.2 Å². The van der Waals surface area contributed by atoms with E-state index in [0.29, 0.717) is 12.0 Å². The number of esters is 1. The second-order valence-corrected chi connectivity index (χ2v) is 8.77. The zero-order chi connectivity index (χ0) is 21.1. The molecule has 0 saturated carbocycles. The molecule has 1 aromatic rings. The molecular formula is C18H20F3NO5S. The summed E-state index contributed by atoms with van der Waals surface area (Å²) in [7, 11) is -1.70. The number of amides is 1. The minimum absolute atomic E-state index is 0.0132. The van der Waals surface area contributed by atoms with Crippen molar-refractivity contribution in [2.75, 3.05) is 18.6 Å². The molecule has 0 aliphatic carbocycles. The summed E-state index contributed by atoms with van der Waals surface area (Å²) in [5, 5.41) is 0. The summed E-state index contributed by atoms with van der Waals surface area (Å²) in [4.78, 5) is 25.4. The normalized spacial score (nSPS) is 20.1. The first kappa shape index (κ1) is 21.9. The van der Waals surface area contributed by atoms with E-state index >= 15 is 0 Å². The highest BCUT2D eigenvalue weighted by Crippen LogP contribution is 2.29. The number of sulfone groups is 1. The maximum Gasteiger partial charge on any atom is 0.416 e. The minimum atomic E-state index is -4.44. The van der Waals surface area contributed by atoms with Gasteiger partial charge in [0.2, 0.25) is 0 Å². The molecule has 0 bridgehead atoms. The molecule has 154 valence electrons. The van der Waals surface area contributed by atoms with E-state index in [-0.39, 0.29) is 11.5 Å². The number of benzene rings is 1. The number of alkyl halides is 3. The molecular weight excluding hydrogens is 399 g/mol. The minimum Gasteiger partial charge on any atom is -0.449 e. The van der Waals surface area contributed by atoms with Gasteiger partial charge in [-0.2, -0.15) is 13.2 Å². The van der Waals surface area contributed by atoms with Crippen LogP contribution in [0.15, 0.2) is 30.3 Å². The van der Waals surface area contributed by atoms with Crippen LogP contribution in [0.3, 0.4) is 0 Å². The number of nitrogens with zero attached hydrogens (tertiary/aromatic N) is 1. The maximum atomic E-state index is 12.5. The highest BCUT2D eigenvalue weighted by atomic mass is 32.2. The van der Waals surface area contributed by atoms with Gasteiger partial charge in [-0.1, -0.05) is 12.1 Å². The average molecular weight is 419 g/mol. The van der Waals surface area contributed by atoms with Gasteiger partial charge in [0, 0.05) is 19.2 Å². The highest BCUT2D eigenvalue weighted by Gasteiger charge is 2.34. The SMILES string of the molecule is C[C@H](OC(=O)/C=C/c1ccc(C(F)(F)F)cc1)C(=O)N(C)[C@H]1CCS(=O)(=O)C1. The van der Waals surface area contributed by atoms with E-state index in [2.05, 4.69) is 0 Å². The van der Waals surface area contributed by atoms with Crippen molar-refractivity contribution in [2.45, 2.75) is 31.7 Å². The van der Waals surface area contributed by atoms with Crippen LogP contribution in [0.2, 0.25) is 0 Å². The fourth-order valence-corrected chi connectivity index (χ4v) is 4.53. The third-order valence-electron chi connectivity index (χ3n) is 4.39. The maximum absolute atomic E-state index is 12.5. The Kier molecular flexibility index (Phi) is 6.53. The van der Waals surface area contributed by atoms with Crippen LogP contribution in [0.5, 0.6) is 0 Å². The summed E-state index contributed by atoms with van der Waals surface area (Å²) in [6, 6.07) is 3.73. The summed E-state index contributed by atoms with van der Waals surface area (Å²) < 4.78 is 65.6. The molecule has 1 saturated heterocycles. The summed E-state index contributed by atoms with van der Waals surface area (Å²) in [5.74, 6) is -1.48. The number of ether oxygens (including phenoxy) is 1. The molecule has 28 heavy (non-hydrogen) atoms. The van der Waals surface area contributed by atoms with Gasteiger partial charge < -0.3 is 9.64 Å². The molecule has 0 spiro atoms. The van der Waals surface area contributed by atoms with Crippen molar-refractivity contribution in [1.82, 2.24) is 4.90 Å². The Balaban J connectivity index is 1.91. The molecule has 1 aliphatic heterocycles. The third kappa shape index (κ3) is 5.82. The summed E-state index contributed by atoms with van der Waals surface area (Å²) in [6.45, 7) is 1.37. The van der Waals surface area contributed by atoms with Crippen molar-refractivity contribution in [2.24, 2.45) is 0 Å². The monoisotopic (exact) mass is 419 g/mol. The lowest BCUT2D eigenvalue weighted by atomic mass is 10.1. The van der Waals surface area contributed by atoms with Crippen molar-refractivity contribution < 1.29 is 35.9 Å². The predicted octanol–water partition coefficient (Wildman–Crippen LogP) is 2.30. The first-order chi connectivity index (χ1) is 12.9. The molecule has 0 N–H and O–H groups in total. The van der Waals surface area contributed by atoms with Gasteiger partial charge in [0.1, 0.15) is 0 Å². The Morgan fingerprint density at radius 1 is 1.25 bits per heavy atom. The number of likely N-dealkylation sites (N-methyl/N-ethyl adjacent to an activating group) is 1. The topological polar surface area (TPSA) is 80.8 Å². The van der Waals surface area contributed by atoms with Crippen LogP contribution in [-0.4, -0.2) is 55.9 Å². The second-order valence-electron chi connectivity index (χ2n) is 6.54. The first-order valence-corrected chi connectivity index (χ1v) is 10.2. The Hall–Kier alpha value is -2.36. The number of hydrogen-bond acceptors (Lipinski definition) is 5. The van der Waals surface area contributed by atoms with Crippen molar-refractivity contribution in [3.8, 4) is 0 Å². The second kappa shape index (κ2) is 8.34. The van der Waals surface area contributed by atoms with Gasteiger partial charge >= 0.3 is 12.1 Å². The lowest BCUT2D eigenvalue weighted by Crippen LogP contribution is -2.44. The van der Waals surface area contributed by atoms with Crippen LogP contribution in [0, 0.1) is 0 Å². The fraction of sp³-hybridized carbons (Fsp3) is 0.444. The molecule has 1 aromatic carbocycles. The van der Waals surface area contributed by atoms with Crippen LogP contribution in [0.4, 0.5) is 13.2 Å². The Morgan fingerprint density at radius 2 is 1.86 bits per heavy atom.